The fraction of sp³-hybridized carbons (Fsp3) is 0.500. The van der Waals surface area contributed by atoms with Gasteiger partial charge < -0.3 is 4.90 Å². The van der Waals surface area contributed by atoms with Crippen LogP contribution in [0, 0.1) is 0 Å². The summed E-state index contributed by atoms with van der Waals surface area (Å²) in [4.78, 5) is 6.54. The molecule has 2 heteroatoms. The van der Waals surface area contributed by atoms with E-state index in [2.05, 4.69) is 41.1 Å². The molecule has 2 aliphatic rings. The summed E-state index contributed by atoms with van der Waals surface area (Å²) in [7, 11) is 0. The van der Waals surface area contributed by atoms with Gasteiger partial charge in [0.15, 0.2) is 0 Å². The van der Waals surface area contributed by atoms with Gasteiger partial charge in [-0.05, 0) is 13.3 Å². The highest BCUT2D eigenvalue weighted by Crippen LogP contribution is 2.24. The van der Waals surface area contributed by atoms with Crippen molar-refractivity contribution < 1.29 is 0 Å². The van der Waals surface area contributed by atoms with Crippen LogP contribution < -0.4 is 0 Å². The number of allylic oxidation sites excluding steroid dienone is 2. The lowest BCUT2D eigenvalue weighted by molar-refractivity contribution is 0.276. The van der Waals surface area contributed by atoms with E-state index < -0.39 is 0 Å². The third-order valence-electron chi connectivity index (χ3n) is 2.58. The first-order valence-corrected chi connectivity index (χ1v) is 4.42. The summed E-state index contributed by atoms with van der Waals surface area (Å²) in [6.07, 6.45) is 11.8. The van der Waals surface area contributed by atoms with E-state index in [0.29, 0.717) is 0 Å². The van der Waals surface area contributed by atoms with Gasteiger partial charge >= 0.3 is 0 Å². The van der Waals surface area contributed by atoms with Crippen molar-refractivity contribution >= 4 is 6.34 Å². The van der Waals surface area contributed by atoms with Crippen molar-refractivity contribution in [3.05, 3.63) is 24.3 Å². The predicted molar refractivity (Wildman–Crippen MR) is 51.4 cm³/mol. The van der Waals surface area contributed by atoms with Gasteiger partial charge in [0.1, 0.15) is 0 Å². The molecule has 12 heavy (non-hydrogen) atoms. The third-order valence-corrected chi connectivity index (χ3v) is 2.58. The van der Waals surface area contributed by atoms with Crippen LogP contribution in [0.25, 0.3) is 0 Å². The predicted octanol–water partition coefficient (Wildman–Crippen LogP) is 1.61. The molecule has 0 N–H and O–H groups in total. The van der Waals surface area contributed by atoms with Crippen molar-refractivity contribution in [2.45, 2.75) is 18.9 Å². The minimum atomic E-state index is 0.175. The van der Waals surface area contributed by atoms with Crippen molar-refractivity contribution in [2.75, 3.05) is 13.1 Å². The Hall–Kier alpha value is -1.05. The molecule has 0 aromatic heterocycles. The van der Waals surface area contributed by atoms with Gasteiger partial charge in [0, 0.05) is 6.54 Å². The summed E-state index contributed by atoms with van der Waals surface area (Å²) in [5.41, 5.74) is 0.175. The van der Waals surface area contributed by atoms with Crippen LogP contribution in [0.3, 0.4) is 0 Å². The van der Waals surface area contributed by atoms with Gasteiger partial charge in [-0.25, -0.2) is 0 Å². The summed E-state index contributed by atoms with van der Waals surface area (Å²) >= 11 is 0. The smallest absolute Gasteiger partial charge is 0.0858 e. The van der Waals surface area contributed by atoms with Gasteiger partial charge in [-0.15, -0.1) is 0 Å². The Morgan fingerprint density at radius 3 is 2.92 bits per heavy atom. The van der Waals surface area contributed by atoms with Crippen molar-refractivity contribution in [1.29, 1.82) is 0 Å². The zero-order valence-electron chi connectivity index (χ0n) is 7.40. The number of nitrogens with zero attached hydrogens (tertiary/aromatic N) is 2. The first-order chi connectivity index (χ1) is 5.81. The highest BCUT2D eigenvalue weighted by molar-refractivity contribution is 5.59. The minimum Gasteiger partial charge on any atom is -0.352 e. The van der Waals surface area contributed by atoms with Crippen LogP contribution in [0.15, 0.2) is 29.3 Å². The Labute approximate surface area is 73.3 Å². The zero-order chi connectivity index (χ0) is 8.44. The third kappa shape index (κ3) is 1.17. The van der Waals surface area contributed by atoms with Crippen LogP contribution >= 0.6 is 0 Å². The van der Waals surface area contributed by atoms with E-state index in [9.17, 15) is 0 Å². The van der Waals surface area contributed by atoms with Crippen LogP contribution in [0.4, 0.5) is 0 Å². The molecule has 64 valence electrons. The van der Waals surface area contributed by atoms with Gasteiger partial charge in [-0.3, -0.25) is 4.99 Å². The number of hydrogen-bond acceptors (Lipinski definition) is 2. The molecule has 0 fully saturated rings. The van der Waals surface area contributed by atoms with Gasteiger partial charge in [0.25, 0.3) is 0 Å². The molecule has 0 bridgehead atoms. The van der Waals surface area contributed by atoms with Crippen LogP contribution in [-0.4, -0.2) is 29.9 Å². The van der Waals surface area contributed by atoms with E-state index in [1.807, 2.05) is 6.34 Å². The average Bonchev–Trinajstić information content (AvgIpc) is 2.58. The molecule has 0 saturated heterocycles. The second-order valence-corrected chi connectivity index (χ2v) is 3.56. The Kier molecular flexibility index (Phi) is 1.75. The van der Waals surface area contributed by atoms with Crippen molar-refractivity contribution in [3.63, 3.8) is 0 Å². The number of hydrogen-bond donors (Lipinski definition) is 0. The van der Waals surface area contributed by atoms with E-state index >= 15 is 0 Å². The van der Waals surface area contributed by atoms with E-state index in [-0.39, 0.29) is 5.54 Å². The van der Waals surface area contributed by atoms with E-state index in [4.69, 9.17) is 0 Å². The molecule has 0 amide bonds. The van der Waals surface area contributed by atoms with E-state index in [1.165, 1.54) is 0 Å². The molecule has 2 rings (SSSR count). The lowest BCUT2D eigenvalue weighted by Gasteiger charge is -2.36. The molecule has 1 unspecified atom stereocenters. The molecule has 1 aliphatic carbocycles. The van der Waals surface area contributed by atoms with Gasteiger partial charge in [0.2, 0.25) is 0 Å². The summed E-state index contributed by atoms with van der Waals surface area (Å²) < 4.78 is 0. The maximum atomic E-state index is 4.23. The van der Waals surface area contributed by atoms with Crippen LogP contribution in [0.1, 0.15) is 13.3 Å². The van der Waals surface area contributed by atoms with Crippen molar-refractivity contribution in [3.8, 4) is 0 Å². The van der Waals surface area contributed by atoms with Crippen LogP contribution in [-0.2, 0) is 0 Å². The molecular weight excluding hydrogens is 148 g/mol. The quantitative estimate of drug-likeness (QED) is 0.572. The SMILES string of the molecule is CC1(N2C=NCC2)C=CC=CC1. The van der Waals surface area contributed by atoms with Gasteiger partial charge in [-0.2, -0.15) is 0 Å². The molecular formula is C10H14N2. The lowest BCUT2D eigenvalue weighted by Crippen LogP contribution is -2.43. The first-order valence-electron chi connectivity index (χ1n) is 4.42. The maximum Gasteiger partial charge on any atom is 0.0858 e. The second kappa shape index (κ2) is 2.77. The maximum absolute atomic E-state index is 4.23. The Morgan fingerprint density at radius 2 is 2.33 bits per heavy atom. The number of rotatable bonds is 1. The van der Waals surface area contributed by atoms with E-state index in [1.54, 1.807) is 0 Å². The Bertz CT molecular complexity index is 253. The normalized spacial score (nSPS) is 33.2. The first kappa shape index (κ1) is 7.59. The lowest BCUT2D eigenvalue weighted by atomic mass is 9.92. The summed E-state index contributed by atoms with van der Waals surface area (Å²) in [6.45, 7) is 4.27. The molecule has 0 spiro atoms. The van der Waals surface area contributed by atoms with Crippen molar-refractivity contribution in [2.24, 2.45) is 4.99 Å². The fourth-order valence-corrected chi connectivity index (χ4v) is 1.70. The van der Waals surface area contributed by atoms with Gasteiger partial charge in [0.05, 0.1) is 18.4 Å². The Morgan fingerprint density at radius 1 is 1.42 bits per heavy atom. The standard InChI is InChI=1S/C10H14N2/c1-10(5-3-2-4-6-10)12-8-7-11-9-12/h2-5,9H,6-8H2,1H3. The summed E-state index contributed by atoms with van der Waals surface area (Å²) in [5, 5.41) is 0. The largest absolute Gasteiger partial charge is 0.352 e. The van der Waals surface area contributed by atoms with E-state index in [0.717, 1.165) is 19.5 Å². The topological polar surface area (TPSA) is 15.6 Å². The Balaban J connectivity index is 2.15. The molecule has 1 atom stereocenters. The zero-order valence-corrected chi connectivity index (χ0v) is 7.40. The molecule has 0 aromatic carbocycles. The monoisotopic (exact) mass is 162 g/mol. The highest BCUT2D eigenvalue weighted by atomic mass is 15.2. The van der Waals surface area contributed by atoms with Crippen molar-refractivity contribution in [1.82, 2.24) is 4.90 Å². The fourth-order valence-electron chi connectivity index (χ4n) is 1.70. The summed E-state index contributed by atoms with van der Waals surface area (Å²) in [5.74, 6) is 0. The molecule has 1 aliphatic heterocycles. The van der Waals surface area contributed by atoms with Crippen LogP contribution in [0.2, 0.25) is 0 Å². The average molecular weight is 162 g/mol. The second-order valence-electron chi connectivity index (χ2n) is 3.56. The molecule has 0 saturated carbocycles. The number of aliphatic imine (C=N–C) groups is 1. The molecule has 0 radical (unpaired) electrons. The van der Waals surface area contributed by atoms with Crippen LogP contribution in [0.5, 0.6) is 0 Å². The molecule has 2 nitrogen and oxygen atoms in total. The minimum absolute atomic E-state index is 0.175. The molecule has 0 aromatic rings. The van der Waals surface area contributed by atoms with Gasteiger partial charge in [-0.1, -0.05) is 24.3 Å². The molecule has 1 heterocycles. The highest BCUT2D eigenvalue weighted by Gasteiger charge is 2.28. The summed E-state index contributed by atoms with van der Waals surface area (Å²) in [6, 6.07) is 0.